The minimum Gasteiger partial charge on any atom is -0.368 e. The van der Waals surface area contributed by atoms with Gasteiger partial charge in [-0.25, -0.2) is 0 Å². The predicted octanol–water partition coefficient (Wildman–Crippen LogP) is -0.0722. The second-order valence-electron chi connectivity index (χ2n) is 8.70. The van der Waals surface area contributed by atoms with E-state index in [0.717, 1.165) is 51.6 Å². The van der Waals surface area contributed by atoms with E-state index in [2.05, 4.69) is 21.3 Å². The highest BCUT2D eigenvalue weighted by molar-refractivity contribution is 8.93. The highest BCUT2D eigenvalue weighted by atomic mass is 33.2. The molecule has 0 bridgehead atoms. The average molecular weight is 583 g/mol. The molecule has 36 heavy (non-hydrogen) atoms. The Hall–Kier alpha value is -0.390. The minimum absolute atomic E-state index is 0.0680. The number of rotatable bonds is 24. The fraction of sp³-hybridized carbons (Fsp3) is 0.857. The molecule has 3 amide bonds. The topological polar surface area (TPSA) is 181 Å². The van der Waals surface area contributed by atoms with Gasteiger partial charge in [0.25, 0.3) is 0 Å². The highest BCUT2D eigenvalue weighted by Crippen LogP contribution is 2.51. The Balaban J connectivity index is 1.51. The lowest BCUT2D eigenvalue weighted by Crippen LogP contribution is -2.42. The van der Waals surface area contributed by atoms with Gasteiger partial charge in [0.05, 0.1) is 12.1 Å². The summed E-state index contributed by atoms with van der Waals surface area (Å²) >= 11 is 0. The zero-order valence-electron chi connectivity index (χ0n) is 20.7. The van der Waals surface area contributed by atoms with E-state index in [9.17, 15) is 14.4 Å². The fourth-order valence-electron chi connectivity index (χ4n) is 3.63. The van der Waals surface area contributed by atoms with Crippen molar-refractivity contribution >= 4 is 60.9 Å². The van der Waals surface area contributed by atoms with Crippen molar-refractivity contribution in [2.75, 3.05) is 45.8 Å². The largest absolute Gasteiger partial charge is 0.368 e. The summed E-state index contributed by atoms with van der Waals surface area (Å²) in [6.07, 6.45) is 5.52. The Labute approximate surface area is 230 Å². The van der Waals surface area contributed by atoms with Gasteiger partial charge in [-0.05, 0) is 38.8 Å². The third-order valence-electron chi connectivity index (χ3n) is 5.77. The maximum Gasteiger partial charge on any atom is 0.234 e. The van der Waals surface area contributed by atoms with Crippen LogP contribution < -0.4 is 38.5 Å². The number of hydrogen-bond donors (Lipinski definition) is 7. The maximum atomic E-state index is 12.4. The van der Waals surface area contributed by atoms with E-state index < -0.39 is 0 Å². The summed E-state index contributed by atoms with van der Waals surface area (Å²) in [5.74, 6) is -0.520. The first-order valence-corrected chi connectivity index (χ1v) is 17.1. The summed E-state index contributed by atoms with van der Waals surface area (Å²) in [7, 11) is 6.84. The molecule has 0 spiro atoms. The van der Waals surface area contributed by atoms with E-state index in [0.29, 0.717) is 48.6 Å². The number of nitrogens with zero attached hydrogens (tertiary/aromatic N) is 1. The van der Waals surface area contributed by atoms with Crippen molar-refractivity contribution in [1.82, 2.24) is 26.2 Å². The second kappa shape index (κ2) is 18.8. The average Bonchev–Trinajstić information content (AvgIpc) is 3.76. The molecule has 0 aromatic carbocycles. The summed E-state index contributed by atoms with van der Waals surface area (Å²) < 4.78 is 0.600. The van der Waals surface area contributed by atoms with Crippen LogP contribution in [0.4, 0.5) is 0 Å². The van der Waals surface area contributed by atoms with Gasteiger partial charge in [0.2, 0.25) is 17.7 Å². The van der Waals surface area contributed by atoms with Gasteiger partial charge < -0.3 is 32.7 Å². The van der Waals surface area contributed by atoms with Crippen LogP contribution in [-0.4, -0.2) is 89.9 Å². The molecule has 0 radical (unpaired) electrons. The van der Waals surface area contributed by atoms with Crippen molar-refractivity contribution < 1.29 is 14.4 Å². The monoisotopic (exact) mass is 582 g/mol. The Morgan fingerprint density at radius 1 is 0.722 bits per heavy atom. The number of nitrogens with one attached hydrogen (secondary N) is 4. The van der Waals surface area contributed by atoms with Crippen LogP contribution in [0.2, 0.25) is 0 Å². The van der Waals surface area contributed by atoms with Crippen LogP contribution in [0.1, 0.15) is 44.9 Å². The van der Waals surface area contributed by atoms with Crippen molar-refractivity contribution in [3.63, 3.8) is 0 Å². The Bertz CT molecular complexity index is 627. The molecule has 2 heterocycles. The van der Waals surface area contributed by atoms with Crippen molar-refractivity contribution in [3.8, 4) is 0 Å². The zero-order valence-corrected chi connectivity index (χ0v) is 24.0. The van der Waals surface area contributed by atoms with E-state index in [4.69, 9.17) is 17.2 Å². The van der Waals surface area contributed by atoms with E-state index in [1.165, 1.54) is 0 Å². The van der Waals surface area contributed by atoms with Gasteiger partial charge in [-0.2, -0.15) is 0 Å². The first-order valence-electron chi connectivity index (χ1n) is 12.5. The van der Waals surface area contributed by atoms with Gasteiger partial charge in [-0.1, -0.05) is 56.0 Å². The van der Waals surface area contributed by atoms with Crippen LogP contribution in [0.25, 0.3) is 0 Å². The molecule has 0 aliphatic carbocycles. The Kier molecular flexibility index (Phi) is 16.6. The summed E-state index contributed by atoms with van der Waals surface area (Å²) in [4.78, 5) is 37.3. The number of nitrogens with two attached hydrogens (primary N) is 3. The molecule has 2 unspecified atom stereocenters. The lowest BCUT2D eigenvalue weighted by molar-refractivity contribution is -0.131. The number of unbranched alkanes of at least 4 members (excludes halogenated alkanes) is 2. The SMILES string of the molecule is NCCC(=O)N(CCNCCCCC(NC1SS1)C(N)=O)CCNCCCCC(NC1SS1)C(N)=O. The standard InChI is InChI=1S/C21H42N8O3S4/c22-8-7-17(30)29(13-11-25-9-3-1-5-15(18(23)31)27-20-33-34-20)14-12-26-10-4-2-6-16(19(24)32)28-21-35-36-21/h15-16,20-21,25-28H,1-14,22H2,(H2,23,31)(H2,24,32). The molecule has 11 nitrogen and oxygen atoms in total. The summed E-state index contributed by atoms with van der Waals surface area (Å²) in [6, 6.07) is -0.534. The van der Waals surface area contributed by atoms with Crippen LogP contribution in [0.3, 0.4) is 0 Å². The molecular formula is C21H42N8O3S4. The summed E-state index contributed by atoms with van der Waals surface area (Å²) in [5.41, 5.74) is 16.5. The van der Waals surface area contributed by atoms with Crippen LogP contribution in [-0.2, 0) is 14.4 Å². The first-order chi connectivity index (χ1) is 17.4. The molecule has 15 heteroatoms. The molecule has 10 N–H and O–H groups in total. The molecule has 2 saturated heterocycles. The van der Waals surface area contributed by atoms with Gasteiger partial charge in [0, 0.05) is 39.1 Å². The second-order valence-corrected chi connectivity index (χ2v) is 14.3. The number of primary amides is 2. The predicted molar refractivity (Wildman–Crippen MR) is 154 cm³/mol. The van der Waals surface area contributed by atoms with Crippen molar-refractivity contribution in [2.45, 2.75) is 66.4 Å². The summed E-state index contributed by atoms with van der Waals surface area (Å²) in [6.45, 7) is 4.68. The van der Waals surface area contributed by atoms with Crippen LogP contribution in [0.5, 0.6) is 0 Å². The Morgan fingerprint density at radius 3 is 1.53 bits per heavy atom. The number of amides is 3. The van der Waals surface area contributed by atoms with Crippen LogP contribution in [0, 0.1) is 0 Å². The van der Waals surface area contributed by atoms with Gasteiger partial charge >= 0.3 is 0 Å². The molecule has 2 rings (SSSR count). The van der Waals surface area contributed by atoms with E-state index in [1.807, 2.05) is 4.90 Å². The quantitative estimate of drug-likeness (QED) is 0.0458. The van der Waals surface area contributed by atoms with Crippen molar-refractivity contribution in [3.05, 3.63) is 0 Å². The molecule has 0 saturated carbocycles. The fourth-order valence-corrected chi connectivity index (χ4v) is 5.62. The number of carbonyl (C=O) groups excluding carboxylic acids is 3. The molecular weight excluding hydrogens is 541 g/mol. The number of hydrogen-bond acceptors (Lipinski definition) is 12. The molecule has 2 aliphatic rings. The molecule has 2 atom stereocenters. The van der Waals surface area contributed by atoms with Crippen molar-refractivity contribution in [2.24, 2.45) is 17.2 Å². The third-order valence-corrected chi connectivity index (χ3v) is 9.39. The van der Waals surface area contributed by atoms with E-state index >= 15 is 0 Å². The molecule has 2 fully saturated rings. The lowest BCUT2D eigenvalue weighted by Gasteiger charge is -2.23. The van der Waals surface area contributed by atoms with E-state index in [-0.39, 0.29) is 29.8 Å². The lowest BCUT2D eigenvalue weighted by atomic mass is 10.1. The maximum absolute atomic E-state index is 12.4. The smallest absolute Gasteiger partial charge is 0.234 e. The van der Waals surface area contributed by atoms with Crippen molar-refractivity contribution in [1.29, 1.82) is 0 Å². The summed E-state index contributed by atoms with van der Waals surface area (Å²) in [5, 5.41) is 13.2. The minimum atomic E-state index is -0.294. The van der Waals surface area contributed by atoms with E-state index in [1.54, 1.807) is 43.2 Å². The van der Waals surface area contributed by atoms with Gasteiger partial charge in [-0.3, -0.25) is 25.0 Å². The first kappa shape index (κ1) is 31.8. The molecule has 208 valence electrons. The van der Waals surface area contributed by atoms with Crippen LogP contribution >= 0.6 is 43.2 Å². The highest BCUT2D eigenvalue weighted by Gasteiger charge is 2.30. The molecule has 0 aromatic heterocycles. The third kappa shape index (κ3) is 15.1. The molecule has 2 aliphatic heterocycles. The van der Waals surface area contributed by atoms with Gasteiger partial charge in [0.15, 0.2) is 0 Å². The number of carbonyl (C=O) groups is 3. The van der Waals surface area contributed by atoms with Gasteiger partial charge in [-0.15, -0.1) is 0 Å². The molecule has 0 aromatic rings. The zero-order chi connectivity index (χ0) is 26.2. The normalized spacial score (nSPS) is 17.0. The Morgan fingerprint density at radius 2 is 1.17 bits per heavy atom. The van der Waals surface area contributed by atoms with Gasteiger partial charge in [0.1, 0.15) is 9.41 Å². The van der Waals surface area contributed by atoms with Crippen LogP contribution in [0.15, 0.2) is 0 Å².